The summed E-state index contributed by atoms with van der Waals surface area (Å²) in [5.41, 5.74) is 0.752. The summed E-state index contributed by atoms with van der Waals surface area (Å²) < 4.78 is 14.1. The van der Waals surface area contributed by atoms with Gasteiger partial charge in [0.2, 0.25) is 0 Å². The number of carbonyl (C=O) groups excluding carboxylic acids is 1. The monoisotopic (exact) mass is 312 g/mol. The van der Waals surface area contributed by atoms with E-state index in [2.05, 4.69) is 5.32 Å². The molecule has 0 spiro atoms. The van der Waals surface area contributed by atoms with Crippen LogP contribution < -0.4 is 5.32 Å². The maximum atomic E-state index is 14.1. The van der Waals surface area contributed by atoms with Gasteiger partial charge in [-0.25, -0.2) is 4.39 Å². The fraction of sp³-hybridized carbons (Fsp3) is 0.562. The molecule has 1 aromatic carbocycles. The lowest BCUT2D eigenvalue weighted by Crippen LogP contribution is -2.33. The second-order valence-electron chi connectivity index (χ2n) is 5.98. The van der Waals surface area contributed by atoms with E-state index in [0.717, 1.165) is 39.0 Å². The van der Waals surface area contributed by atoms with E-state index in [1.165, 1.54) is 0 Å². The first-order valence-electron chi connectivity index (χ1n) is 7.42. The molecule has 0 bridgehead atoms. The molecule has 3 nitrogen and oxygen atoms in total. The number of hydrogen-bond donors (Lipinski definition) is 1. The molecule has 2 atom stereocenters. The number of benzene rings is 1. The van der Waals surface area contributed by atoms with Crippen LogP contribution in [-0.2, 0) is 0 Å². The third-order valence-electron chi connectivity index (χ3n) is 4.73. The fourth-order valence-electron chi connectivity index (χ4n) is 3.40. The van der Waals surface area contributed by atoms with Crippen molar-refractivity contribution in [3.05, 3.63) is 35.1 Å². The molecule has 2 aliphatic rings. The molecule has 0 radical (unpaired) electrons. The number of hydrogen-bond acceptors (Lipinski definition) is 2. The minimum Gasteiger partial charge on any atom is -0.339 e. The van der Waals surface area contributed by atoms with Gasteiger partial charge < -0.3 is 10.2 Å². The van der Waals surface area contributed by atoms with E-state index in [1.54, 1.807) is 25.1 Å². The quantitative estimate of drug-likeness (QED) is 0.864. The Labute approximate surface area is 131 Å². The van der Waals surface area contributed by atoms with Crippen LogP contribution in [0.15, 0.2) is 18.2 Å². The summed E-state index contributed by atoms with van der Waals surface area (Å²) in [5, 5.41) is 3.42. The Morgan fingerprint density at radius 2 is 1.86 bits per heavy atom. The molecule has 1 aromatic rings. The molecular weight excluding hydrogens is 291 g/mol. The molecule has 1 amide bonds. The van der Waals surface area contributed by atoms with Crippen LogP contribution in [-0.4, -0.2) is 37.0 Å². The highest BCUT2D eigenvalue weighted by molar-refractivity contribution is 5.94. The number of carbonyl (C=O) groups is 1. The zero-order chi connectivity index (χ0) is 14.1. The van der Waals surface area contributed by atoms with Gasteiger partial charge >= 0.3 is 0 Å². The smallest absolute Gasteiger partial charge is 0.256 e. The van der Waals surface area contributed by atoms with Crippen molar-refractivity contribution in [1.29, 1.82) is 0 Å². The fourth-order valence-corrected chi connectivity index (χ4v) is 3.40. The van der Waals surface area contributed by atoms with Gasteiger partial charge in [-0.1, -0.05) is 12.1 Å². The standard InChI is InChI=1S/C16H21FN2O.ClH/c1-11-3-2-4-14(15(11)17)16(20)19-7-5-12-9-18-10-13(12)6-8-19;/h2-4,12-13,18H,5-10H2,1H3;1H/t12-,13+;. The Hall–Kier alpha value is -1.13. The van der Waals surface area contributed by atoms with Crippen LogP contribution in [0.5, 0.6) is 0 Å². The summed E-state index contributed by atoms with van der Waals surface area (Å²) in [7, 11) is 0. The molecule has 0 saturated carbocycles. The summed E-state index contributed by atoms with van der Waals surface area (Å²) in [6, 6.07) is 5.05. The zero-order valence-electron chi connectivity index (χ0n) is 12.3. The maximum absolute atomic E-state index is 14.1. The topological polar surface area (TPSA) is 32.3 Å². The molecule has 0 aromatic heterocycles. The van der Waals surface area contributed by atoms with Gasteiger partial charge in [0.1, 0.15) is 5.82 Å². The van der Waals surface area contributed by atoms with E-state index >= 15 is 0 Å². The number of nitrogens with one attached hydrogen (secondary N) is 1. The molecule has 2 heterocycles. The van der Waals surface area contributed by atoms with Crippen LogP contribution in [0.2, 0.25) is 0 Å². The van der Waals surface area contributed by atoms with Crippen LogP contribution in [0.1, 0.15) is 28.8 Å². The molecular formula is C16H22ClFN2O. The summed E-state index contributed by atoms with van der Waals surface area (Å²) in [5.74, 6) is 0.827. The molecule has 0 aliphatic carbocycles. The van der Waals surface area contributed by atoms with Crippen molar-refractivity contribution in [2.24, 2.45) is 11.8 Å². The molecule has 2 saturated heterocycles. The van der Waals surface area contributed by atoms with Gasteiger partial charge in [-0.2, -0.15) is 0 Å². The van der Waals surface area contributed by atoms with E-state index in [1.807, 2.05) is 4.90 Å². The van der Waals surface area contributed by atoms with E-state index in [0.29, 0.717) is 17.4 Å². The van der Waals surface area contributed by atoms with E-state index in [9.17, 15) is 9.18 Å². The van der Waals surface area contributed by atoms with Crippen molar-refractivity contribution in [3.8, 4) is 0 Å². The van der Waals surface area contributed by atoms with Gasteiger partial charge in [0.25, 0.3) is 5.91 Å². The highest BCUT2D eigenvalue weighted by Crippen LogP contribution is 2.28. The van der Waals surface area contributed by atoms with Crippen molar-refractivity contribution >= 4 is 18.3 Å². The third kappa shape index (κ3) is 3.22. The van der Waals surface area contributed by atoms with Crippen molar-refractivity contribution in [1.82, 2.24) is 10.2 Å². The minimum atomic E-state index is -0.372. The summed E-state index contributed by atoms with van der Waals surface area (Å²) >= 11 is 0. The maximum Gasteiger partial charge on any atom is 0.256 e. The summed E-state index contributed by atoms with van der Waals surface area (Å²) in [6.45, 7) is 5.31. The molecule has 3 rings (SSSR count). The van der Waals surface area contributed by atoms with Gasteiger partial charge in [0.05, 0.1) is 5.56 Å². The number of halogens is 2. The van der Waals surface area contributed by atoms with E-state index < -0.39 is 0 Å². The lowest BCUT2D eigenvalue weighted by molar-refractivity contribution is 0.0753. The van der Waals surface area contributed by atoms with Gasteiger partial charge in [-0.3, -0.25) is 4.79 Å². The highest BCUT2D eigenvalue weighted by Gasteiger charge is 2.32. The number of nitrogens with zero attached hydrogens (tertiary/aromatic N) is 1. The number of rotatable bonds is 1. The first-order chi connectivity index (χ1) is 9.66. The first kappa shape index (κ1) is 16.2. The highest BCUT2D eigenvalue weighted by atomic mass is 35.5. The second-order valence-corrected chi connectivity index (χ2v) is 5.98. The van der Waals surface area contributed by atoms with Crippen molar-refractivity contribution in [3.63, 3.8) is 0 Å². The summed E-state index contributed by atoms with van der Waals surface area (Å²) in [6.07, 6.45) is 2.05. The third-order valence-corrected chi connectivity index (χ3v) is 4.73. The van der Waals surface area contributed by atoms with Gasteiger partial charge in [0.15, 0.2) is 0 Å². The van der Waals surface area contributed by atoms with Crippen molar-refractivity contribution < 1.29 is 9.18 Å². The predicted molar refractivity (Wildman–Crippen MR) is 83.4 cm³/mol. The molecule has 1 N–H and O–H groups in total. The SMILES string of the molecule is Cc1cccc(C(=O)N2CC[C@@H]3CNC[C@@H]3CC2)c1F.Cl. The first-order valence-corrected chi connectivity index (χ1v) is 7.42. The van der Waals surface area contributed by atoms with Crippen LogP contribution >= 0.6 is 12.4 Å². The molecule has 5 heteroatoms. The van der Waals surface area contributed by atoms with Crippen LogP contribution in [0, 0.1) is 24.6 Å². The minimum absolute atomic E-state index is 0. The molecule has 2 aliphatic heterocycles. The predicted octanol–water partition coefficient (Wildman–Crippen LogP) is 2.63. The molecule has 0 unspecified atom stereocenters. The van der Waals surface area contributed by atoms with Crippen LogP contribution in [0.25, 0.3) is 0 Å². The largest absolute Gasteiger partial charge is 0.339 e. The molecule has 2 fully saturated rings. The lowest BCUT2D eigenvalue weighted by atomic mass is 9.92. The number of likely N-dealkylation sites (tertiary alicyclic amines) is 1. The molecule has 21 heavy (non-hydrogen) atoms. The Kier molecular flexibility index (Phi) is 5.22. The van der Waals surface area contributed by atoms with Crippen LogP contribution in [0.3, 0.4) is 0 Å². The van der Waals surface area contributed by atoms with Gasteiger partial charge in [-0.15, -0.1) is 12.4 Å². The Morgan fingerprint density at radius 1 is 1.24 bits per heavy atom. The van der Waals surface area contributed by atoms with Crippen molar-refractivity contribution in [2.45, 2.75) is 19.8 Å². The van der Waals surface area contributed by atoms with E-state index in [-0.39, 0.29) is 29.7 Å². The van der Waals surface area contributed by atoms with Crippen LogP contribution in [0.4, 0.5) is 4.39 Å². The van der Waals surface area contributed by atoms with E-state index in [4.69, 9.17) is 0 Å². The average molecular weight is 313 g/mol. The Bertz CT molecular complexity index is 509. The molecule has 116 valence electrons. The van der Waals surface area contributed by atoms with Gasteiger partial charge in [0, 0.05) is 13.1 Å². The second kappa shape index (κ2) is 6.75. The summed E-state index contributed by atoms with van der Waals surface area (Å²) in [4.78, 5) is 14.3. The zero-order valence-corrected chi connectivity index (χ0v) is 13.1. The number of aryl methyl sites for hydroxylation is 1. The average Bonchev–Trinajstić information content (AvgIpc) is 2.80. The number of amides is 1. The Balaban J connectivity index is 0.00000161. The van der Waals surface area contributed by atoms with Crippen molar-refractivity contribution in [2.75, 3.05) is 26.2 Å². The Morgan fingerprint density at radius 3 is 2.48 bits per heavy atom. The van der Waals surface area contributed by atoms with Gasteiger partial charge in [-0.05, 0) is 56.3 Å². The normalized spacial score (nSPS) is 25.0. The lowest BCUT2D eigenvalue weighted by Gasteiger charge is -2.21. The number of fused-ring (bicyclic) bond motifs is 1.